The second-order valence-electron chi connectivity index (χ2n) is 9.70. The van der Waals surface area contributed by atoms with E-state index in [4.69, 9.17) is 10.2 Å². The van der Waals surface area contributed by atoms with Gasteiger partial charge in [0.15, 0.2) is 0 Å². The molecule has 0 aromatic carbocycles. The van der Waals surface area contributed by atoms with Crippen LogP contribution in [0.15, 0.2) is 0 Å². The van der Waals surface area contributed by atoms with Crippen molar-refractivity contribution in [3.63, 3.8) is 0 Å². The Morgan fingerprint density at radius 2 is 0.833 bits per heavy atom. The Kier molecular flexibility index (Phi) is 22.3. The third-order valence-corrected chi connectivity index (χ3v) is 6.06. The van der Waals surface area contributed by atoms with Gasteiger partial charge in [0.1, 0.15) is 0 Å². The third-order valence-electron chi connectivity index (χ3n) is 6.06. The molecule has 0 atom stereocenters. The normalized spacial score (nSPS) is 10.6. The van der Waals surface area contributed by atoms with Crippen molar-refractivity contribution < 1.29 is 54.6 Å². The van der Waals surface area contributed by atoms with E-state index in [1.165, 1.54) is 0 Å². The molecule has 0 saturated heterocycles. The van der Waals surface area contributed by atoms with Crippen molar-refractivity contribution >= 4 is 35.5 Å². The van der Waals surface area contributed by atoms with Crippen molar-refractivity contribution in [3.8, 4) is 0 Å². The van der Waals surface area contributed by atoms with Crippen LogP contribution in [0, 0.1) is 0 Å². The van der Waals surface area contributed by atoms with Gasteiger partial charge in [-0.3, -0.25) is 44.4 Å². The molecule has 0 aliphatic rings. The molecule has 0 aromatic rings. The van der Waals surface area contributed by atoms with Gasteiger partial charge in [-0.1, -0.05) is 0 Å². The molecule has 0 spiro atoms. The van der Waals surface area contributed by atoms with E-state index < -0.39 is 23.7 Å². The van der Waals surface area contributed by atoms with Gasteiger partial charge < -0.3 is 20.8 Å². The molecule has 0 rings (SSSR count). The van der Waals surface area contributed by atoms with Gasteiger partial charge in [0.05, 0.1) is 6.42 Å². The molecule has 0 fully saturated rings. The van der Waals surface area contributed by atoms with Gasteiger partial charge in [-0.15, -0.1) is 0 Å². The Bertz CT molecular complexity index is 843. The summed E-state index contributed by atoms with van der Waals surface area (Å²) in [5, 5.41) is 53.1. The molecule has 5 amide bonds. The fourth-order valence-corrected chi connectivity index (χ4v) is 3.55. The van der Waals surface area contributed by atoms with E-state index in [9.17, 15) is 44.4 Å². The molecule has 7 N–H and O–H groups in total. The van der Waals surface area contributed by atoms with Crippen LogP contribution in [0.2, 0.25) is 0 Å². The Hall–Kier alpha value is -3.34. The van der Waals surface area contributed by atoms with Crippen molar-refractivity contribution in [1.29, 1.82) is 0 Å². The lowest BCUT2D eigenvalue weighted by Gasteiger charge is -2.15. The van der Waals surface area contributed by atoms with Gasteiger partial charge in [0, 0.05) is 71.4 Å². The van der Waals surface area contributed by atoms with Crippen LogP contribution >= 0.6 is 0 Å². The second kappa shape index (κ2) is 24.3. The number of amides is 5. The van der Waals surface area contributed by atoms with Crippen molar-refractivity contribution in [2.24, 2.45) is 0 Å². The first-order valence-corrected chi connectivity index (χ1v) is 14.3. The minimum atomic E-state index is -1.12. The number of carboxylic acid groups (broad SMARTS) is 1. The summed E-state index contributed by atoms with van der Waals surface area (Å²) in [5.41, 5.74) is 0. The van der Waals surface area contributed by atoms with Crippen molar-refractivity contribution in [2.75, 3.05) is 39.3 Å². The lowest BCUT2D eigenvalue weighted by atomic mass is 10.2. The number of nitrogens with one attached hydrogen (secondary N) is 2. The first kappa shape index (κ1) is 38.7. The van der Waals surface area contributed by atoms with Gasteiger partial charge in [-0.05, 0) is 51.4 Å². The summed E-state index contributed by atoms with van der Waals surface area (Å²) in [6.45, 7) is 0.897. The second-order valence-corrected chi connectivity index (χ2v) is 9.70. The maximum atomic E-state index is 12.0. The van der Waals surface area contributed by atoms with Crippen molar-refractivity contribution in [2.45, 2.75) is 89.9 Å². The first-order chi connectivity index (χ1) is 20.0. The highest BCUT2D eigenvalue weighted by Gasteiger charge is 2.15. The molecule has 16 heteroatoms. The third kappa shape index (κ3) is 21.4. The van der Waals surface area contributed by atoms with Gasteiger partial charge in [-0.2, -0.15) is 0 Å². The summed E-state index contributed by atoms with van der Waals surface area (Å²) < 4.78 is 0. The molecule has 242 valence electrons. The minimum Gasteiger partial charge on any atom is -0.481 e. The highest BCUT2D eigenvalue weighted by molar-refractivity contribution is 5.84. The maximum absolute atomic E-state index is 12.0. The van der Waals surface area contributed by atoms with E-state index >= 15 is 0 Å². The molecule has 0 bridgehead atoms. The number of hydrogen-bond acceptors (Lipinski definition) is 10. The average molecular weight is 606 g/mol. The van der Waals surface area contributed by atoms with Gasteiger partial charge in [0.25, 0.3) is 0 Å². The zero-order valence-corrected chi connectivity index (χ0v) is 24.2. The Labute approximate surface area is 245 Å². The number of nitrogens with zero attached hydrogens (tertiary/aromatic N) is 3. The molecule has 0 heterocycles. The quantitative estimate of drug-likeness (QED) is 0.0427. The van der Waals surface area contributed by atoms with E-state index in [0.717, 1.165) is 0 Å². The van der Waals surface area contributed by atoms with Crippen LogP contribution in [0.5, 0.6) is 0 Å². The Balaban J connectivity index is 3.79. The van der Waals surface area contributed by atoms with Crippen molar-refractivity contribution in [3.05, 3.63) is 0 Å². The van der Waals surface area contributed by atoms with E-state index in [1.54, 1.807) is 0 Å². The number of hydroxylamine groups is 6. The largest absolute Gasteiger partial charge is 0.481 e. The number of carbonyl (C=O) groups excluding carboxylic acids is 5. The predicted molar refractivity (Wildman–Crippen MR) is 146 cm³/mol. The molecular formula is C26H47N5O11. The summed E-state index contributed by atoms with van der Waals surface area (Å²) in [5.74, 6) is -3.63. The maximum Gasteiger partial charge on any atom is 0.303 e. The molecule has 16 nitrogen and oxygen atoms in total. The molecule has 0 aliphatic carbocycles. The molecule has 0 radical (unpaired) electrons. The van der Waals surface area contributed by atoms with Crippen LogP contribution in [0.1, 0.15) is 89.9 Å². The SMILES string of the molecule is O=C(O)CCC(=O)N(O)CCCCCNC(=O)CCC(=O)N(O)CCCCCNC(=O)CCC(=O)N(O)CCCCO. The number of aliphatic hydroxyl groups excluding tert-OH is 1. The molecule has 42 heavy (non-hydrogen) atoms. The average Bonchev–Trinajstić information content (AvgIpc) is 2.96. The Morgan fingerprint density at radius 3 is 1.19 bits per heavy atom. The summed E-state index contributed by atoms with van der Waals surface area (Å²) in [7, 11) is 0. The summed E-state index contributed by atoms with van der Waals surface area (Å²) in [6, 6.07) is 0. The lowest BCUT2D eigenvalue weighted by molar-refractivity contribution is -0.166. The fraction of sp³-hybridized carbons (Fsp3) is 0.769. The van der Waals surface area contributed by atoms with E-state index in [0.29, 0.717) is 79.6 Å². The summed E-state index contributed by atoms with van der Waals surface area (Å²) in [4.78, 5) is 69.4. The minimum absolute atomic E-state index is 0.0273. The number of aliphatic carboxylic acids is 1. The van der Waals surface area contributed by atoms with Gasteiger partial charge in [0.2, 0.25) is 29.5 Å². The van der Waals surface area contributed by atoms with Crippen LogP contribution in [0.3, 0.4) is 0 Å². The standard InChI is InChI=1S/C26H47N5O11/c32-20-8-7-19-31(42)24(36)12-10-22(34)28-15-3-1-5-17-29(40)23(35)11-9-21(33)27-16-4-2-6-18-30(41)25(37)13-14-26(38)39/h32,40-42H,1-20H2,(H,27,33)(H,28,34)(H,38,39). The number of aliphatic hydroxyl groups is 1. The molecule has 0 unspecified atom stereocenters. The number of hydrogen-bond donors (Lipinski definition) is 7. The molecule has 0 aromatic heterocycles. The first-order valence-electron chi connectivity index (χ1n) is 14.3. The van der Waals surface area contributed by atoms with E-state index in [2.05, 4.69) is 10.6 Å². The van der Waals surface area contributed by atoms with Gasteiger partial charge in [-0.25, -0.2) is 15.2 Å². The van der Waals surface area contributed by atoms with Crippen LogP contribution in [-0.2, 0) is 28.8 Å². The highest BCUT2D eigenvalue weighted by atomic mass is 16.5. The molecule has 0 aliphatic heterocycles. The van der Waals surface area contributed by atoms with Crippen LogP contribution < -0.4 is 10.6 Å². The number of carbonyl (C=O) groups is 6. The predicted octanol–water partition coefficient (Wildman–Crippen LogP) is 0.411. The lowest BCUT2D eigenvalue weighted by Crippen LogP contribution is -2.31. The smallest absolute Gasteiger partial charge is 0.303 e. The number of carboxylic acids is 1. The molecular weight excluding hydrogens is 558 g/mol. The zero-order chi connectivity index (χ0) is 31.8. The van der Waals surface area contributed by atoms with Crippen LogP contribution in [0.25, 0.3) is 0 Å². The number of rotatable bonds is 25. The fourth-order valence-electron chi connectivity index (χ4n) is 3.55. The zero-order valence-electron chi connectivity index (χ0n) is 24.2. The molecule has 0 saturated carbocycles. The van der Waals surface area contributed by atoms with Crippen molar-refractivity contribution in [1.82, 2.24) is 25.8 Å². The monoisotopic (exact) mass is 605 g/mol. The van der Waals surface area contributed by atoms with Crippen LogP contribution in [-0.4, -0.2) is 116 Å². The summed E-state index contributed by atoms with van der Waals surface area (Å²) in [6.07, 6.45) is 3.16. The van der Waals surface area contributed by atoms with E-state index in [-0.39, 0.29) is 76.6 Å². The highest BCUT2D eigenvalue weighted by Crippen LogP contribution is 2.03. The van der Waals surface area contributed by atoms with Crippen LogP contribution in [0.4, 0.5) is 0 Å². The summed E-state index contributed by atoms with van der Waals surface area (Å²) >= 11 is 0. The topological polar surface area (TPSA) is 237 Å². The number of unbranched alkanes of at least 4 members (excludes halogenated alkanes) is 5. The van der Waals surface area contributed by atoms with E-state index in [1.807, 2.05) is 0 Å². The van der Waals surface area contributed by atoms with Gasteiger partial charge >= 0.3 is 5.97 Å². The Morgan fingerprint density at radius 1 is 0.476 bits per heavy atom.